The second-order valence-corrected chi connectivity index (χ2v) is 12.1. The summed E-state index contributed by atoms with van der Waals surface area (Å²) >= 11 is 12.5. The van der Waals surface area contributed by atoms with Crippen LogP contribution in [0.2, 0.25) is 0 Å². The maximum Gasteiger partial charge on any atom is 0.154 e. The van der Waals surface area contributed by atoms with Crippen LogP contribution in [0.15, 0.2) is 28.7 Å². The summed E-state index contributed by atoms with van der Waals surface area (Å²) in [6, 6.07) is 8.59. The molecule has 0 aliphatic carbocycles. The molecule has 1 heterocycles. The number of furan rings is 1. The van der Waals surface area contributed by atoms with E-state index in [9.17, 15) is 0 Å². The number of benzene rings is 2. The van der Waals surface area contributed by atoms with Gasteiger partial charge in [0.15, 0.2) is 11.5 Å². The number of aryl methyl sites for hydroxylation is 4. The third kappa shape index (κ3) is 5.22. The summed E-state index contributed by atoms with van der Waals surface area (Å²) in [5.74, 6) is 2.79. The number of rotatable bonds is 5. The van der Waals surface area contributed by atoms with E-state index < -0.39 is 0 Å². The predicted octanol–water partition coefficient (Wildman–Crippen LogP) is 9.66. The number of hydrogen-bond donors (Lipinski definition) is 0. The molecule has 0 aliphatic heterocycles. The first-order valence-electron chi connectivity index (χ1n) is 12.1. The molecular weight excluding hydrogens is 479 g/mol. The van der Waals surface area contributed by atoms with Gasteiger partial charge >= 0.3 is 0 Å². The van der Waals surface area contributed by atoms with Crippen molar-refractivity contribution in [2.45, 2.75) is 92.9 Å². The lowest BCUT2D eigenvalue weighted by Crippen LogP contribution is -2.18. The van der Waals surface area contributed by atoms with Crippen LogP contribution in [0.5, 0.6) is 11.5 Å². The second kappa shape index (κ2) is 9.75. The topological polar surface area (TPSA) is 31.6 Å². The van der Waals surface area contributed by atoms with Crippen LogP contribution in [-0.4, -0.2) is 0 Å². The van der Waals surface area contributed by atoms with Crippen molar-refractivity contribution in [1.82, 2.24) is 0 Å². The molecule has 0 spiro atoms. The molecule has 0 N–H and O–H groups in total. The number of halogens is 2. The molecule has 0 bridgehead atoms. The van der Waals surface area contributed by atoms with Crippen LogP contribution in [0.4, 0.5) is 0 Å². The van der Waals surface area contributed by atoms with Gasteiger partial charge in [-0.15, -0.1) is 0 Å². The molecule has 0 unspecified atom stereocenters. The predicted molar refractivity (Wildman–Crippen MR) is 147 cm³/mol. The van der Waals surface area contributed by atoms with Crippen LogP contribution in [-0.2, 0) is 10.8 Å². The fourth-order valence-electron chi connectivity index (χ4n) is 5.03. The molecule has 0 radical (unpaired) electrons. The minimum atomic E-state index is -0.267. The normalized spacial score (nSPS) is 12.4. The summed E-state index contributed by atoms with van der Waals surface area (Å²) in [6.45, 7) is 23.3. The van der Waals surface area contributed by atoms with Crippen LogP contribution < -0.4 is 8.58 Å². The van der Waals surface area contributed by atoms with Crippen molar-refractivity contribution in [2.75, 3.05) is 0 Å². The number of hydrogen-bond acceptors (Lipinski definition) is 3. The summed E-state index contributed by atoms with van der Waals surface area (Å²) in [5.41, 5.74) is 8.05. The lowest BCUT2D eigenvalue weighted by molar-refractivity contribution is 0.497. The van der Waals surface area contributed by atoms with Gasteiger partial charge in [0.1, 0.15) is 35.3 Å². The van der Waals surface area contributed by atoms with Crippen LogP contribution in [0, 0.1) is 34.6 Å². The molecule has 0 amide bonds. The first-order chi connectivity index (χ1) is 16.1. The van der Waals surface area contributed by atoms with E-state index in [0.29, 0.717) is 11.5 Å². The molecule has 0 saturated heterocycles. The molecule has 1 aromatic heterocycles. The lowest BCUT2D eigenvalue weighted by atomic mass is 9.75. The standard InChI is InChI=1S/C30H38Cl2O3/c1-16-12-21(27(34-31)23(14-16)29(6,7)8)26(25-18(3)19(4)33-20(25)5)22-13-17(2)15-24(28(22)35-32)30(9,10)11/h12-15,26H,1-11H3. The van der Waals surface area contributed by atoms with Crippen LogP contribution in [0.1, 0.15) is 103 Å². The molecule has 3 nitrogen and oxygen atoms in total. The van der Waals surface area contributed by atoms with Crippen LogP contribution in [0.3, 0.4) is 0 Å². The van der Waals surface area contributed by atoms with Crippen LogP contribution in [0.25, 0.3) is 0 Å². The Kier molecular flexibility index (Phi) is 7.65. The summed E-state index contributed by atoms with van der Waals surface area (Å²) in [7, 11) is 0. The molecule has 5 heteroatoms. The lowest BCUT2D eigenvalue weighted by Gasteiger charge is -2.30. The van der Waals surface area contributed by atoms with E-state index in [1.54, 1.807) is 0 Å². The smallest absolute Gasteiger partial charge is 0.154 e. The summed E-state index contributed by atoms with van der Waals surface area (Å²) in [6.07, 6.45) is 0. The summed E-state index contributed by atoms with van der Waals surface area (Å²) in [4.78, 5) is 0. The molecule has 35 heavy (non-hydrogen) atoms. The fraction of sp³-hybridized carbons (Fsp3) is 0.467. The van der Waals surface area contributed by atoms with Gasteiger partial charge in [-0.1, -0.05) is 76.9 Å². The Morgan fingerprint density at radius 1 is 0.657 bits per heavy atom. The molecule has 0 saturated carbocycles. The van der Waals surface area contributed by atoms with E-state index in [2.05, 4.69) is 86.6 Å². The SMILES string of the molecule is Cc1cc(C(c2cc(C)cc(C(C)(C)C)c2OCl)c2c(C)oc(C)c2C)c(OCl)c(C(C)(C)C)c1. The van der Waals surface area contributed by atoms with E-state index >= 15 is 0 Å². The van der Waals surface area contributed by atoms with Gasteiger partial charge < -0.3 is 13.0 Å². The Hall–Kier alpha value is -2.10. The van der Waals surface area contributed by atoms with Crippen molar-refractivity contribution < 1.29 is 13.0 Å². The van der Waals surface area contributed by atoms with Gasteiger partial charge in [-0.05, 0) is 51.0 Å². The van der Waals surface area contributed by atoms with Crippen molar-refractivity contribution in [3.8, 4) is 11.5 Å². The second-order valence-electron chi connectivity index (χ2n) is 11.8. The monoisotopic (exact) mass is 516 g/mol. The van der Waals surface area contributed by atoms with Crippen molar-refractivity contribution in [2.24, 2.45) is 0 Å². The fourth-order valence-corrected chi connectivity index (χ4v) is 5.38. The highest BCUT2D eigenvalue weighted by molar-refractivity contribution is 6.09. The van der Waals surface area contributed by atoms with Gasteiger partial charge in [-0.3, -0.25) is 0 Å². The minimum absolute atomic E-state index is 0.180. The first kappa shape index (κ1) is 27.5. The van der Waals surface area contributed by atoms with Gasteiger partial charge in [0.25, 0.3) is 0 Å². The molecule has 0 aliphatic rings. The molecular formula is C30H38Cl2O3. The third-order valence-corrected chi connectivity index (χ3v) is 7.13. The molecule has 3 rings (SSSR count). The zero-order valence-corrected chi connectivity index (χ0v) is 24.4. The maximum absolute atomic E-state index is 6.23. The van der Waals surface area contributed by atoms with Gasteiger partial charge in [0.2, 0.25) is 0 Å². The zero-order chi connectivity index (χ0) is 26.5. The highest BCUT2D eigenvalue weighted by Crippen LogP contribution is 2.50. The highest BCUT2D eigenvalue weighted by atomic mass is 35.5. The average Bonchev–Trinajstić information content (AvgIpc) is 2.98. The third-order valence-electron chi connectivity index (χ3n) is 6.82. The van der Waals surface area contributed by atoms with Crippen molar-refractivity contribution >= 4 is 23.7 Å². The molecule has 0 fully saturated rings. The van der Waals surface area contributed by atoms with Crippen molar-refractivity contribution in [3.63, 3.8) is 0 Å². The molecule has 190 valence electrons. The van der Waals surface area contributed by atoms with Gasteiger partial charge in [0, 0.05) is 33.7 Å². The Morgan fingerprint density at radius 3 is 1.34 bits per heavy atom. The van der Waals surface area contributed by atoms with E-state index in [4.69, 9.17) is 36.7 Å². The summed E-state index contributed by atoms with van der Waals surface area (Å²) in [5, 5.41) is 0. The van der Waals surface area contributed by atoms with E-state index in [1.807, 2.05) is 13.8 Å². The highest BCUT2D eigenvalue weighted by Gasteiger charge is 2.35. The first-order valence-corrected chi connectivity index (χ1v) is 12.7. The van der Waals surface area contributed by atoms with Gasteiger partial charge in [0.05, 0.1) is 0 Å². The van der Waals surface area contributed by atoms with E-state index in [0.717, 1.165) is 56.0 Å². The Morgan fingerprint density at radius 2 is 1.06 bits per heavy atom. The maximum atomic E-state index is 6.23. The van der Waals surface area contributed by atoms with Crippen LogP contribution >= 0.6 is 23.7 Å². The van der Waals surface area contributed by atoms with Crippen molar-refractivity contribution in [3.05, 3.63) is 80.3 Å². The molecule has 3 aromatic rings. The average molecular weight is 518 g/mol. The zero-order valence-electron chi connectivity index (χ0n) is 22.9. The Labute approximate surface area is 221 Å². The molecule has 0 atom stereocenters. The van der Waals surface area contributed by atoms with Gasteiger partial charge in [-0.2, -0.15) is 0 Å². The molecule has 2 aromatic carbocycles. The quantitative estimate of drug-likeness (QED) is 0.338. The van der Waals surface area contributed by atoms with E-state index in [1.165, 1.54) is 0 Å². The Balaban J connectivity index is 2.56. The largest absolute Gasteiger partial charge is 0.466 e. The van der Waals surface area contributed by atoms with Gasteiger partial charge in [-0.25, -0.2) is 0 Å². The minimum Gasteiger partial charge on any atom is -0.466 e. The Bertz CT molecular complexity index is 1170. The van der Waals surface area contributed by atoms with Crippen molar-refractivity contribution in [1.29, 1.82) is 0 Å². The van der Waals surface area contributed by atoms with E-state index in [-0.39, 0.29) is 16.7 Å². The summed E-state index contributed by atoms with van der Waals surface area (Å²) < 4.78 is 17.4.